The van der Waals surface area contributed by atoms with E-state index in [1.807, 2.05) is 11.8 Å². The van der Waals surface area contributed by atoms with Crippen molar-refractivity contribution in [3.63, 3.8) is 0 Å². The van der Waals surface area contributed by atoms with Crippen LogP contribution in [-0.2, 0) is 11.0 Å². The minimum atomic E-state index is -4.34. The number of nitrogens with one attached hydrogen (secondary N) is 1. The Kier molecular flexibility index (Phi) is 8.02. The van der Waals surface area contributed by atoms with Crippen LogP contribution in [0.3, 0.4) is 0 Å². The van der Waals surface area contributed by atoms with Crippen LogP contribution in [0.25, 0.3) is 0 Å². The fourth-order valence-electron chi connectivity index (χ4n) is 4.02. The normalized spacial score (nSPS) is 18.8. The third-order valence-electron chi connectivity index (χ3n) is 5.93. The number of alkyl halides is 3. The van der Waals surface area contributed by atoms with Gasteiger partial charge in [0.1, 0.15) is 0 Å². The highest BCUT2D eigenvalue weighted by Crippen LogP contribution is 2.28. The summed E-state index contributed by atoms with van der Waals surface area (Å²) in [6.45, 7) is 7.11. The number of carbonyl (C=O) groups excluding carboxylic acids is 1. The van der Waals surface area contributed by atoms with Gasteiger partial charge in [-0.25, -0.2) is 0 Å². The minimum Gasteiger partial charge on any atom is -0.345 e. The quantitative estimate of drug-likeness (QED) is 0.437. The zero-order valence-corrected chi connectivity index (χ0v) is 18.6. The zero-order chi connectivity index (χ0) is 23.1. The molecule has 1 amide bonds. The molecule has 1 atom stereocenters. The molecule has 9 heteroatoms. The molecule has 1 aromatic rings. The number of carbonyl (C=O) groups is 1. The third-order valence-corrected chi connectivity index (χ3v) is 5.93. The topological polar surface area (TPSA) is 51.2 Å². The van der Waals surface area contributed by atoms with Gasteiger partial charge >= 0.3 is 6.18 Å². The smallest absolute Gasteiger partial charge is 0.345 e. The number of nitrogens with zero attached hydrogens (tertiary/aromatic N) is 4. The van der Waals surface area contributed by atoms with Crippen molar-refractivity contribution < 1.29 is 18.0 Å². The van der Waals surface area contributed by atoms with Gasteiger partial charge in [0.25, 0.3) is 0 Å². The van der Waals surface area contributed by atoms with Crippen LogP contribution in [0.1, 0.15) is 30.9 Å². The van der Waals surface area contributed by atoms with Crippen molar-refractivity contribution in [1.29, 1.82) is 0 Å². The van der Waals surface area contributed by atoms with Gasteiger partial charge in [0.15, 0.2) is 5.96 Å². The number of benzene rings is 1. The number of hydrogen-bond donors (Lipinski definition) is 1. The van der Waals surface area contributed by atoms with E-state index in [-0.39, 0.29) is 11.9 Å². The van der Waals surface area contributed by atoms with Crippen molar-refractivity contribution in [3.05, 3.63) is 35.4 Å². The first-order chi connectivity index (χ1) is 15.3. The molecule has 1 aromatic carbocycles. The van der Waals surface area contributed by atoms with Gasteiger partial charge in [0.05, 0.1) is 18.2 Å². The number of halogens is 3. The average Bonchev–Trinajstić information content (AvgIpc) is 3.33. The largest absolute Gasteiger partial charge is 0.416 e. The van der Waals surface area contributed by atoms with Gasteiger partial charge in [-0.2, -0.15) is 13.2 Å². The van der Waals surface area contributed by atoms with E-state index in [2.05, 4.69) is 31.9 Å². The maximum absolute atomic E-state index is 12.6. The second-order valence-corrected chi connectivity index (χ2v) is 8.01. The van der Waals surface area contributed by atoms with Gasteiger partial charge < -0.3 is 15.1 Å². The van der Waals surface area contributed by atoms with Crippen LogP contribution < -0.4 is 5.32 Å². The van der Waals surface area contributed by atoms with E-state index in [1.165, 1.54) is 12.1 Å². The summed E-state index contributed by atoms with van der Waals surface area (Å²) in [5, 5.41) is 3.19. The van der Waals surface area contributed by atoms with E-state index in [0.29, 0.717) is 12.1 Å². The summed E-state index contributed by atoms with van der Waals surface area (Å²) in [5.74, 6) is 6.74. The Bertz CT molecular complexity index is 858. The monoisotopic (exact) mass is 449 g/mol. The van der Waals surface area contributed by atoms with Crippen molar-refractivity contribution in [1.82, 2.24) is 20.0 Å². The molecule has 6 nitrogen and oxygen atoms in total. The van der Waals surface area contributed by atoms with Crippen molar-refractivity contribution in [3.8, 4) is 11.8 Å². The summed E-state index contributed by atoms with van der Waals surface area (Å²) < 4.78 is 37.9. The molecule has 2 fully saturated rings. The van der Waals surface area contributed by atoms with E-state index in [9.17, 15) is 18.0 Å². The van der Waals surface area contributed by atoms with Crippen LogP contribution in [-0.4, -0.2) is 85.5 Å². The van der Waals surface area contributed by atoms with Gasteiger partial charge in [0, 0.05) is 51.9 Å². The van der Waals surface area contributed by atoms with E-state index in [0.717, 1.165) is 70.2 Å². The van der Waals surface area contributed by atoms with Gasteiger partial charge in [-0.3, -0.25) is 14.7 Å². The van der Waals surface area contributed by atoms with Crippen LogP contribution in [0, 0.1) is 11.8 Å². The second-order valence-electron chi connectivity index (χ2n) is 8.01. The Balaban J connectivity index is 1.45. The highest BCUT2D eigenvalue weighted by molar-refractivity contribution is 5.82. The van der Waals surface area contributed by atoms with Crippen LogP contribution in [0.2, 0.25) is 0 Å². The average molecular weight is 450 g/mol. The standard InChI is InChI=1S/C23H30F3N5O/c1-18(21(32)30-12-3-4-13-30)29-14-16-31(17-15-29)22(27-2)28-11-5-6-19-7-9-20(10-8-19)23(24,25)26/h7-10,18H,3-4,11-17H2,1-2H3,(H,27,28). The maximum Gasteiger partial charge on any atom is 0.416 e. The number of amides is 1. The Morgan fingerprint density at radius 1 is 1.06 bits per heavy atom. The molecule has 1 unspecified atom stereocenters. The van der Waals surface area contributed by atoms with Gasteiger partial charge in [-0.1, -0.05) is 11.8 Å². The van der Waals surface area contributed by atoms with Crippen LogP contribution in [0.4, 0.5) is 13.2 Å². The molecule has 0 aromatic heterocycles. The molecule has 0 spiro atoms. The van der Waals surface area contributed by atoms with E-state index in [1.54, 1.807) is 7.05 Å². The molecule has 0 saturated carbocycles. The summed E-state index contributed by atoms with van der Waals surface area (Å²) in [6.07, 6.45) is -2.16. The predicted molar refractivity (Wildman–Crippen MR) is 118 cm³/mol. The van der Waals surface area contributed by atoms with Crippen molar-refractivity contribution in [2.24, 2.45) is 4.99 Å². The molecular formula is C23H30F3N5O. The summed E-state index contributed by atoms with van der Waals surface area (Å²) in [5.41, 5.74) is -0.155. The second kappa shape index (κ2) is 10.7. The number of piperazine rings is 1. The SMILES string of the molecule is CN=C(NCC#Cc1ccc(C(F)(F)F)cc1)N1CCN(C(C)C(=O)N2CCCC2)CC1. The Hall–Kier alpha value is -2.73. The number of hydrogen-bond acceptors (Lipinski definition) is 3. The number of likely N-dealkylation sites (tertiary alicyclic amines) is 1. The lowest BCUT2D eigenvalue weighted by molar-refractivity contribution is -0.137. The number of aliphatic imine (C=N–C) groups is 1. The fraction of sp³-hybridized carbons (Fsp3) is 0.565. The predicted octanol–water partition coefficient (Wildman–Crippen LogP) is 2.26. The molecule has 3 rings (SSSR count). The van der Waals surface area contributed by atoms with E-state index in [4.69, 9.17) is 0 Å². The van der Waals surface area contributed by atoms with Crippen molar-refractivity contribution >= 4 is 11.9 Å². The minimum absolute atomic E-state index is 0.111. The Morgan fingerprint density at radius 2 is 1.69 bits per heavy atom. The highest BCUT2D eigenvalue weighted by Gasteiger charge is 2.31. The molecular weight excluding hydrogens is 419 g/mol. The third kappa shape index (κ3) is 6.16. The molecule has 2 saturated heterocycles. The summed E-state index contributed by atoms with van der Waals surface area (Å²) >= 11 is 0. The molecule has 0 bridgehead atoms. The van der Waals surface area contributed by atoms with Crippen molar-refractivity contribution in [2.45, 2.75) is 32.0 Å². The number of rotatable bonds is 3. The molecule has 32 heavy (non-hydrogen) atoms. The van der Waals surface area contributed by atoms with Gasteiger partial charge in [0.2, 0.25) is 5.91 Å². The zero-order valence-electron chi connectivity index (χ0n) is 18.6. The van der Waals surface area contributed by atoms with E-state index >= 15 is 0 Å². The molecule has 2 aliphatic heterocycles. The Labute approximate surface area is 187 Å². The van der Waals surface area contributed by atoms with Crippen LogP contribution in [0.15, 0.2) is 29.3 Å². The molecule has 1 N–H and O–H groups in total. The fourth-order valence-corrected chi connectivity index (χ4v) is 4.02. The first-order valence-corrected chi connectivity index (χ1v) is 10.9. The molecule has 0 aliphatic carbocycles. The highest BCUT2D eigenvalue weighted by atomic mass is 19.4. The Morgan fingerprint density at radius 3 is 2.25 bits per heavy atom. The lowest BCUT2D eigenvalue weighted by atomic mass is 10.1. The lowest BCUT2D eigenvalue weighted by Crippen LogP contribution is -2.57. The molecule has 2 heterocycles. The number of guanidine groups is 1. The maximum atomic E-state index is 12.6. The lowest BCUT2D eigenvalue weighted by Gasteiger charge is -2.39. The molecule has 2 aliphatic rings. The van der Waals surface area contributed by atoms with Crippen LogP contribution in [0.5, 0.6) is 0 Å². The van der Waals surface area contributed by atoms with Gasteiger partial charge in [-0.15, -0.1) is 0 Å². The first-order valence-electron chi connectivity index (χ1n) is 10.9. The molecule has 174 valence electrons. The first kappa shape index (κ1) is 23.9. The molecule has 0 radical (unpaired) electrons. The summed E-state index contributed by atoms with van der Waals surface area (Å²) in [4.78, 5) is 23.3. The van der Waals surface area contributed by atoms with Crippen molar-refractivity contribution in [2.75, 3.05) is 52.9 Å². The van der Waals surface area contributed by atoms with Crippen LogP contribution >= 0.6 is 0 Å². The summed E-state index contributed by atoms with van der Waals surface area (Å²) in [7, 11) is 1.71. The van der Waals surface area contributed by atoms with Gasteiger partial charge in [-0.05, 0) is 44.0 Å². The van der Waals surface area contributed by atoms with E-state index < -0.39 is 11.7 Å². The summed E-state index contributed by atoms with van der Waals surface area (Å²) in [6, 6.07) is 4.69.